The van der Waals surface area contributed by atoms with Gasteiger partial charge in [0.2, 0.25) is 5.89 Å². The van der Waals surface area contributed by atoms with Crippen molar-refractivity contribution in [3.05, 3.63) is 48.0 Å². The summed E-state index contributed by atoms with van der Waals surface area (Å²) in [7, 11) is 0. The van der Waals surface area contributed by atoms with Crippen molar-refractivity contribution in [2.24, 2.45) is 0 Å². The Morgan fingerprint density at radius 1 is 1.21 bits per heavy atom. The zero-order valence-corrected chi connectivity index (χ0v) is 14.8. The fourth-order valence-electron chi connectivity index (χ4n) is 2.06. The molecule has 0 amide bonds. The maximum absolute atomic E-state index is 13.0. The Kier molecular flexibility index (Phi) is 4.45. The van der Waals surface area contributed by atoms with Gasteiger partial charge in [0.15, 0.2) is 11.0 Å². The molecule has 2 heterocycles. The third-order valence-electron chi connectivity index (χ3n) is 3.46. The topological polar surface area (TPSA) is 67.6 Å². The molecular weight excluding hydrogens is 327 g/mol. The van der Waals surface area contributed by atoms with Crippen LogP contribution in [0, 0.1) is 5.82 Å². The minimum atomic E-state index is -0.257. The molecular formula is C17H19FN4OS. The number of halogens is 1. The molecule has 0 aliphatic heterocycles. The molecule has 7 heteroatoms. The lowest BCUT2D eigenvalue weighted by molar-refractivity contribution is 0.364. The van der Waals surface area contributed by atoms with Crippen LogP contribution in [0.5, 0.6) is 0 Å². The molecule has 0 aliphatic carbocycles. The van der Waals surface area contributed by atoms with Crippen LogP contribution in [0.15, 0.2) is 40.1 Å². The first-order valence-corrected chi connectivity index (χ1v) is 8.52. The second-order valence-corrected chi connectivity index (χ2v) is 7.90. The van der Waals surface area contributed by atoms with Gasteiger partial charge in [0.1, 0.15) is 5.82 Å². The highest BCUT2D eigenvalue weighted by Crippen LogP contribution is 2.34. The molecule has 2 aromatic heterocycles. The van der Waals surface area contributed by atoms with Crippen molar-refractivity contribution in [1.29, 1.82) is 0 Å². The first-order chi connectivity index (χ1) is 11.3. The SMILES string of the molecule is CC(Sc1ncc(-c2ccc(F)cc2)[nH]1)c1nc(C(C)(C)C)no1. The Bertz CT molecular complexity index is 820. The quantitative estimate of drug-likeness (QED) is 0.691. The van der Waals surface area contributed by atoms with Crippen molar-refractivity contribution in [1.82, 2.24) is 20.1 Å². The van der Waals surface area contributed by atoms with Crippen LogP contribution >= 0.6 is 11.8 Å². The van der Waals surface area contributed by atoms with E-state index in [4.69, 9.17) is 4.52 Å². The fourth-order valence-corrected chi connectivity index (χ4v) is 2.88. The molecule has 3 rings (SSSR count). The highest BCUT2D eigenvalue weighted by Gasteiger charge is 2.24. The molecule has 0 saturated heterocycles. The maximum atomic E-state index is 13.0. The summed E-state index contributed by atoms with van der Waals surface area (Å²) in [4.78, 5) is 12.1. The minimum Gasteiger partial charge on any atom is -0.338 e. The number of H-pyrrole nitrogens is 1. The molecule has 126 valence electrons. The smallest absolute Gasteiger partial charge is 0.239 e. The predicted octanol–water partition coefficient (Wildman–Crippen LogP) is 4.75. The van der Waals surface area contributed by atoms with Crippen LogP contribution in [0.1, 0.15) is 44.7 Å². The van der Waals surface area contributed by atoms with Crippen LogP contribution in [0.2, 0.25) is 0 Å². The van der Waals surface area contributed by atoms with Gasteiger partial charge in [-0.25, -0.2) is 9.37 Å². The number of aromatic amines is 1. The minimum absolute atomic E-state index is 0.0270. The van der Waals surface area contributed by atoms with Crippen LogP contribution in [0.4, 0.5) is 4.39 Å². The molecule has 1 N–H and O–H groups in total. The van der Waals surface area contributed by atoms with E-state index in [9.17, 15) is 4.39 Å². The van der Waals surface area contributed by atoms with Crippen molar-refractivity contribution >= 4 is 11.8 Å². The Morgan fingerprint density at radius 3 is 2.54 bits per heavy atom. The molecule has 0 spiro atoms. The standard InChI is InChI=1S/C17H19FN4OS/c1-10(14-21-15(22-23-14)17(2,3)4)24-16-19-9-13(20-16)11-5-7-12(18)8-6-11/h5-10H,1-4H3,(H,19,20). The van der Waals surface area contributed by atoms with E-state index in [0.29, 0.717) is 11.7 Å². The lowest BCUT2D eigenvalue weighted by Gasteiger charge is -2.11. The Balaban J connectivity index is 1.72. The Hall–Kier alpha value is -2.15. The molecule has 0 radical (unpaired) electrons. The average molecular weight is 346 g/mol. The first-order valence-electron chi connectivity index (χ1n) is 7.64. The number of hydrogen-bond acceptors (Lipinski definition) is 5. The monoisotopic (exact) mass is 346 g/mol. The van der Waals surface area contributed by atoms with E-state index in [0.717, 1.165) is 16.4 Å². The Labute approximate surface area is 144 Å². The van der Waals surface area contributed by atoms with Gasteiger partial charge in [-0.3, -0.25) is 0 Å². The van der Waals surface area contributed by atoms with Gasteiger partial charge in [0.05, 0.1) is 17.1 Å². The summed E-state index contributed by atoms with van der Waals surface area (Å²) in [5, 5.41) is 4.77. The lowest BCUT2D eigenvalue weighted by atomic mass is 9.96. The second kappa shape index (κ2) is 6.39. The second-order valence-electron chi connectivity index (χ2n) is 6.58. The number of imidazole rings is 1. The van der Waals surface area contributed by atoms with Gasteiger partial charge in [-0.1, -0.05) is 37.7 Å². The molecule has 1 aromatic carbocycles. The highest BCUT2D eigenvalue weighted by molar-refractivity contribution is 7.99. The van der Waals surface area contributed by atoms with Gasteiger partial charge < -0.3 is 9.51 Å². The number of nitrogens with zero attached hydrogens (tertiary/aromatic N) is 3. The number of benzene rings is 1. The summed E-state index contributed by atoms with van der Waals surface area (Å²) in [5.41, 5.74) is 1.58. The number of thioether (sulfide) groups is 1. The van der Waals surface area contributed by atoms with E-state index >= 15 is 0 Å². The van der Waals surface area contributed by atoms with Crippen LogP contribution in [0.25, 0.3) is 11.3 Å². The van der Waals surface area contributed by atoms with Crippen LogP contribution < -0.4 is 0 Å². The van der Waals surface area contributed by atoms with Gasteiger partial charge in [0.25, 0.3) is 0 Å². The van der Waals surface area contributed by atoms with Crippen molar-refractivity contribution in [2.45, 2.75) is 43.5 Å². The normalized spacial score (nSPS) is 13.2. The molecule has 1 unspecified atom stereocenters. The third-order valence-corrected chi connectivity index (χ3v) is 4.44. The van der Waals surface area contributed by atoms with Gasteiger partial charge in [-0.2, -0.15) is 4.98 Å². The van der Waals surface area contributed by atoms with E-state index in [1.165, 1.54) is 23.9 Å². The molecule has 0 bridgehead atoms. The largest absolute Gasteiger partial charge is 0.338 e. The molecule has 0 saturated carbocycles. The summed E-state index contributed by atoms with van der Waals surface area (Å²) < 4.78 is 18.4. The Morgan fingerprint density at radius 2 is 1.92 bits per heavy atom. The van der Waals surface area contributed by atoms with Crippen molar-refractivity contribution in [2.75, 3.05) is 0 Å². The highest BCUT2D eigenvalue weighted by atomic mass is 32.2. The molecule has 1 atom stereocenters. The molecule has 3 aromatic rings. The van der Waals surface area contributed by atoms with Gasteiger partial charge in [-0.05, 0) is 36.8 Å². The summed E-state index contributed by atoms with van der Waals surface area (Å²) in [6.07, 6.45) is 1.73. The van der Waals surface area contributed by atoms with E-state index in [-0.39, 0.29) is 16.5 Å². The number of aromatic nitrogens is 4. The van der Waals surface area contributed by atoms with Crippen molar-refractivity contribution in [3.8, 4) is 11.3 Å². The average Bonchev–Trinajstić information content (AvgIpc) is 3.16. The molecule has 24 heavy (non-hydrogen) atoms. The van der Waals surface area contributed by atoms with Crippen LogP contribution in [-0.2, 0) is 5.41 Å². The van der Waals surface area contributed by atoms with Gasteiger partial charge in [-0.15, -0.1) is 0 Å². The summed E-state index contributed by atoms with van der Waals surface area (Å²) in [6, 6.07) is 6.29. The zero-order valence-electron chi connectivity index (χ0n) is 14.0. The maximum Gasteiger partial charge on any atom is 0.239 e. The third kappa shape index (κ3) is 3.67. The number of hydrogen-bond donors (Lipinski definition) is 1. The summed E-state index contributed by atoms with van der Waals surface area (Å²) in [5.74, 6) is 1.01. The lowest BCUT2D eigenvalue weighted by Crippen LogP contribution is -2.13. The van der Waals surface area contributed by atoms with Gasteiger partial charge >= 0.3 is 0 Å². The first kappa shape index (κ1) is 16.7. The van der Waals surface area contributed by atoms with Crippen molar-refractivity contribution in [3.63, 3.8) is 0 Å². The predicted molar refractivity (Wildman–Crippen MR) is 91.3 cm³/mol. The molecule has 0 fully saturated rings. The van der Waals surface area contributed by atoms with Crippen LogP contribution in [0.3, 0.4) is 0 Å². The van der Waals surface area contributed by atoms with E-state index < -0.39 is 0 Å². The van der Waals surface area contributed by atoms with E-state index in [2.05, 4.69) is 20.1 Å². The zero-order chi connectivity index (χ0) is 17.3. The van der Waals surface area contributed by atoms with E-state index in [1.807, 2.05) is 27.7 Å². The van der Waals surface area contributed by atoms with E-state index in [1.54, 1.807) is 18.3 Å². The number of nitrogens with one attached hydrogen (secondary N) is 1. The molecule has 0 aliphatic rings. The summed E-state index contributed by atoms with van der Waals surface area (Å²) >= 11 is 1.50. The number of rotatable bonds is 4. The molecule has 5 nitrogen and oxygen atoms in total. The van der Waals surface area contributed by atoms with Gasteiger partial charge in [0, 0.05) is 5.41 Å². The van der Waals surface area contributed by atoms with Crippen molar-refractivity contribution < 1.29 is 8.91 Å². The van der Waals surface area contributed by atoms with Crippen LogP contribution in [-0.4, -0.2) is 20.1 Å². The summed E-state index contributed by atoms with van der Waals surface area (Å²) in [6.45, 7) is 8.12. The fraction of sp³-hybridized carbons (Fsp3) is 0.353.